The summed E-state index contributed by atoms with van der Waals surface area (Å²) >= 11 is 0. The van der Waals surface area contributed by atoms with Crippen molar-refractivity contribution in [3.8, 4) is 0 Å². The number of benzene rings is 1. The molecule has 0 N–H and O–H groups in total. The van der Waals surface area contributed by atoms with Crippen molar-refractivity contribution >= 4 is 19.7 Å². The van der Waals surface area contributed by atoms with E-state index in [1.165, 1.54) is 12.1 Å². The first kappa shape index (κ1) is 9.48. The van der Waals surface area contributed by atoms with E-state index in [-0.39, 0.29) is 5.56 Å². The molecule has 0 fully saturated rings. The lowest BCUT2D eigenvalue weighted by molar-refractivity contribution is 0.438. The molecule has 1 aromatic rings. The monoisotopic (exact) mass is 208 g/mol. The molecule has 0 saturated heterocycles. The molecule has 0 aromatic heterocycles. The summed E-state index contributed by atoms with van der Waals surface area (Å²) in [4.78, 5) is 0. The Bertz CT molecular complexity index is 349. The van der Waals surface area contributed by atoms with Gasteiger partial charge in [0.1, 0.15) is 0 Å². The van der Waals surface area contributed by atoms with Gasteiger partial charge >= 0.3 is 0 Å². The summed E-state index contributed by atoms with van der Waals surface area (Å²) in [5, 5.41) is 0. The van der Waals surface area contributed by atoms with Gasteiger partial charge in [0.2, 0.25) is 5.50 Å². The molecule has 0 aliphatic rings. The van der Waals surface area contributed by atoms with Crippen LogP contribution in [0.25, 0.3) is 0 Å². The number of rotatable bonds is 2. The van der Waals surface area contributed by atoms with Crippen LogP contribution in [0.4, 0.5) is 4.39 Å². The highest BCUT2D eigenvalue weighted by molar-refractivity contribution is 8.13. The number of hydrogen-bond acceptors (Lipinski definition) is 2. The van der Waals surface area contributed by atoms with Gasteiger partial charge in [-0.1, -0.05) is 30.3 Å². The second-order valence-electron chi connectivity index (χ2n) is 2.20. The van der Waals surface area contributed by atoms with Crippen molar-refractivity contribution in [3.63, 3.8) is 0 Å². The van der Waals surface area contributed by atoms with E-state index in [4.69, 9.17) is 10.7 Å². The van der Waals surface area contributed by atoms with Gasteiger partial charge in [-0.15, -0.1) is 0 Å². The van der Waals surface area contributed by atoms with Gasteiger partial charge in [-0.05, 0) is 0 Å². The third-order valence-corrected chi connectivity index (χ3v) is 2.54. The molecule has 0 radical (unpaired) electrons. The Morgan fingerprint density at radius 2 is 1.75 bits per heavy atom. The predicted octanol–water partition coefficient (Wildman–Crippen LogP) is 2.22. The van der Waals surface area contributed by atoms with E-state index in [0.717, 1.165) is 0 Å². The largest absolute Gasteiger partial charge is 0.269 e. The summed E-state index contributed by atoms with van der Waals surface area (Å²) in [6.45, 7) is 0. The number of hydrogen-bond donors (Lipinski definition) is 0. The maximum absolute atomic E-state index is 12.9. The van der Waals surface area contributed by atoms with Gasteiger partial charge in [-0.3, -0.25) is 0 Å². The topological polar surface area (TPSA) is 34.1 Å². The second-order valence-corrected chi connectivity index (χ2v) is 4.86. The minimum Gasteiger partial charge on any atom is -0.223 e. The van der Waals surface area contributed by atoms with Gasteiger partial charge in [0.25, 0.3) is 9.05 Å². The van der Waals surface area contributed by atoms with Crippen LogP contribution in [-0.4, -0.2) is 8.42 Å². The van der Waals surface area contributed by atoms with Gasteiger partial charge < -0.3 is 0 Å². The maximum Gasteiger partial charge on any atom is 0.269 e. The van der Waals surface area contributed by atoms with Crippen LogP contribution in [-0.2, 0) is 9.05 Å². The van der Waals surface area contributed by atoms with Crippen molar-refractivity contribution in [3.05, 3.63) is 35.9 Å². The fourth-order valence-electron chi connectivity index (χ4n) is 0.767. The van der Waals surface area contributed by atoms with Gasteiger partial charge in [-0.2, -0.15) is 0 Å². The van der Waals surface area contributed by atoms with Crippen molar-refractivity contribution in [1.29, 1.82) is 0 Å². The molecule has 0 aliphatic heterocycles. The Morgan fingerprint density at radius 3 is 2.17 bits per heavy atom. The molecule has 1 rings (SSSR count). The molecule has 0 bridgehead atoms. The summed E-state index contributed by atoms with van der Waals surface area (Å²) in [5.74, 6) is 0. The van der Waals surface area contributed by atoms with Crippen LogP contribution in [0.2, 0.25) is 0 Å². The van der Waals surface area contributed by atoms with Crippen LogP contribution in [0.5, 0.6) is 0 Å². The Hall–Kier alpha value is -0.610. The van der Waals surface area contributed by atoms with Gasteiger partial charge in [0, 0.05) is 16.2 Å². The van der Waals surface area contributed by atoms with Crippen molar-refractivity contribution in [1.82, 2.24) is 0 Å². The molecule has 0 amide bonds. The first-order valence-electron chi connectivity index (χ1n) is 3.14. The molecular formula is C7H6ClFO2S. The average molecular weight is 209 g/mol. The zero-order valence-electron chi connectivity index (χ0n) is 5.94. The third kappa shape index (κ3) is 2.19. The predicted molar refractivity (Wildman–Crippen MR) is 45.1 cm³/mol. The zero-order chi connectivity index (χ0) is 9.19. The van der Waals surface area contributed by atoms with Crippen LogP contribution in [0.15, 0.2) is 30.3 Å². The zero-order valence-corrected chi connectivity index (χ0v) is 7.52. The summed E-state index contributed by atoms with van der Waals surface area (Å²) < 4.78 is 34.0. The van der Waals surface area contributed by atoms with Crippen LogP contribution in [0.3, 0.4) is 0 Å². The Balaban J connectivity index is 3.02. The van der Waals surface area contributed by atoms with Crippen molar-refractivity contribution in [2.24, 2.45) is 0 Å². The first-order valence-corrected chi connectivity index (χ1v) is 5.51. The molecule has 1 unspecified atom stereocenters. The average Bonchev–Trinajstić information content (AvgIpc) is 2.03. The molecule has 0 aliphatic carbocycles. The molecule has 5 heteroatoms. The standard InChI is InChI=1S/C7H6ClFO2S/c8-12(10,11)7(9)6-4-2-1-3-5-6/h1-5,7H. The highest BCUT2D eigenvalue weighted by Crippen LogP contribution is 2.26. The highest BCUT2D eigenvalue weighted by atomic mass is 35.7. The van der Waals surface area contributed by atoms with Crippen molar-refractivity contribution < 1.29 is 12.8 Å². The van der Waals surface area contributed by atoms with Crippen LogP contribution in [0, 0.1) is 0 Å². The van der Waals surface area contributed by atoms with Crippen molar-refractivity contribution in [2.45, 2.75) is 5.50 Å². The fourth-order valence-corrected chi connectivity index (χ4v) is 1.56. The highest BCUT2D eigenvalue weighted by Gasteiger charge is 2.23. The van der Waals surface area contributed by atoms with E-state index >= 15 is 0 Å². The third-order valence-electron chi connectivity index (χ3n) is 1.31. The fraction of sp³-hybridized carbons (Fsp3) is 0.143. The van der Waals surface area contributed by atoms with Crippen molar-refractivity contribution in [2.75, 3.05) is 0 Å². The summed E-state index contributed by atoms with van der Waals surface area (Å²) in [6.07, 6.45) is 0. The molecule has 0 heterocycles. The lowest BCUT2D eigenvalue weighted by Crippen LogP contribution is -2.00. The summed E-state index contributed by atoms with van der Waals surface area (Å²) in [7, 11) is 0.665. The van der Waals surface area contributed by atoms with Gasteiger partial charge in [-0.25, -0.2) is 12.8 Å². The van der Waals surface area contributed by atoms with E-state index in [1.807, 2.05) is 0 Å². The summed E-state index contributed by atoms with van der Waals surface area (Å²) in [5.41, 5.74) is -2.09. The normalized spacial score (nSPS) is 14.2. The Morgan fingerprint density at radius 1 is 1.25 bits per heavy atom. The molecule has 1 atom stereocenters. The molecule has 12 heavy (non-hydrogen) atoms. The maximum atomic E-state index is 12.9. The molecule has 66 valence electrons. The number of alkyl halides is 1. The van der Waals surface area contributed by atoms with Crippen LogP contribution >= 0.6 is 10.7 Å². The lowest BCUT2D eigenvalue weighted by Gasteiger charge is -2.02. The minimum atomic E-state index is -4.15. The van der Waals surface area contributed by atoms with Gasteiger partial charge in [0.05, 0.1) is 0 Å². The Labute approximate surface area is 74.4 Å². The van der Waals surface area contributed by atoms with Crippen LogP contribution in [0.1, 0.15) is 11.1 Å². The SMILES string of the molecule is O=S(=O)(Cl)C(F)c1ccccc1. The van der Waals surface area contributed by atoms with E-state index < -0.39 is 14.6 Å². The Kier molecular flexibility index (Phi) is 2.69. The quantitative estimate of drug-likeness (QED) is 0.699. The van der Waals surface area contributed by atoms with E-state index in [1.54, 1.807) is 18.2 Å². The minimum absolute atomic E-state index is 0.0486. The van der Waals surface area contributed by atoms with E-state index in [2.05, 4.69) is 0 Å². The molecular weight excluding hydrogens is 203 g/mol. The number of halogens is 2. The first-order chi connectivity index (χ1) is 5.52. The van der Waals surface area contributed by atoms with Crippen LogP contribution < -0.4 is 0 Å². The van der Waals surface area contributed by atoms with E-state index in [0.29, 0.717) is 0 Å². The van der Waals surface area contributed by atoms with Gasteiger partial charge in [0.15, 0.2) is 0 Å². The smallest absolute Gasteiger partial charge is 0.223 e. The van der Waals surface area contributed by atoms with E-state index in [9.17, 15) is 12.8 Å². The molecule has 2 nitrogen and oxygen atoms in total. The summed E-state index contributed by atoms with van der Waals surface area (Å²) in [6, 6.07) is 7.49. The molecule has 0 spiro atoms. The second kappa shape index (κ2) is 3.41. The molecule has 0 saturated carbocycles. The molecule has 1 aromatic carbocycles. The lowest BCUT2D eigenvalue weighted by atomic mass is 10.2.